The number of halogens is 3. The van der Waals surface area contributed by atoms with E-state index in [1.54, 1.807) is 12.1 Å². The smallest absolute Gasteiger partial charge is 0.268 e. The lowest BCUT2D eigenvalue weighted by Gasteiger charge is -2.12. The Morgan fingerprint density at radius 3 is 2.45 bits per heavy atom. The average Bonchev–Trinajstić information content (AvgIpc) is 2.47. The molecule has 0 saturated heterocycles. The molecule has 2 aromatic rings. The normalized spacial score (nSPS) is 10.0. The van der Waals surface area contributed by atoms with Gasteiger partial charge in [0.05, 0.1) is 0 Å². The van der Waals surface area contributed by atoms with Gasteiger partial charge in [-0.3, -0.25) is 4.79 Å². The zero-order valence-electron chi connectivity index (χ0n) is 10.9. The van der Waals surface area contributed by atoms with Gasteiger partial charge in [-0.05, 0) is 6.07 Å². The van der Waals surface area contributed by atoms with Crippen LogP contribution in [0.15, 0.2) is 21.4 Å². The van der Waals surface area contributed by atoms with Gasteiger partial charge in [-0.1, -0.05) is 37.9 Å². The molecule has 1 heterocycles. The summed E-state index contributed by atoms with van der Waals surface area (Å²) in [5.74, 6) is -0.839. The molecule has 5 nitrogen and oxygen atoms in total. The summed E-state index contributed by atoms with van der Waals surface area (Å²) < 4.78 is 15.2. The first-order valence-corrected chi connectivity index (χ1v) is 7.76. The minimum absolute atomic E-state index is 0.0245. The summed E-state index contributed by atoms with van der Waals surface area (Å²) in [4.78, 5) is 14.1. The van der Waals surface area contributed by atoms with Crippen LogP contribution in [0.2, 0.25) is 0 Å². The third kappa shape index (κ3) is 2.52. The first-order valence-electron chi connectivity index (χ1n) is 5.85. The number of aromatic nitrogens is 1. The number of alkyl halides is 1. The van der Waals surface area contributed by atoms with Crippen LogP contribution in [0, 0.1) is 28.5 Å². The van der Waals surface area contributed by atoms with E-state index in [4.69, 9.17) is 5.73 Å². The number of nitrogens with zero attached hydrogens (tertiary/aromatic N) is 2. The fourth-order valence-corrected chi connectivity index (χ4v) is 3.40. The molecule has 0 aliphatic rings. The number of nitrogen functional groups attached to an aromatic ring is 1. The van der Waals surface area contributed by atoms with Crippen LogP contribution in [-0.2, 0) is 5.33 Å². The summed E-state index contributed by atoms with van der Waals surface area (Å²) in [5, 5.41) is 18.6. The Morgan fingerprint density at radius 1 is 1.27 bits per heavy atom. The van der Waals surface area contributed by atoms with Crippen LogP contribution in [0.25, 0.3) is 11.1 Å². The van der Waals surface area contributed by atoms with Gasteiger partial charge < -0.3 is 10.7 Å². The van der Waals surface area contributed by atoms with Crippen LogP contribution in [0.3, 0.4) is 0 Å². The maximum absolute atomic E-state index is 14.7. The lowest BCUT2D eigenvalue weighted by Crippen LogP contribution is -2.16. The van der Waals surface area contributed by atoms with Crippen LogP contribution >= 0.6 is 31.9 Å². The van der Waals surface area contributed by atoms with Crippen molar-refractivity contribution in [2.45, 2.75) is 5.33 Å². The Balaban J connectivity index is 2.99. The number of pyridine rings is 1. The molecule has 110 valence electrons. The number of anilines is 1. The second kappa shape index (κ2) is 6.30. The standard InChI is InChI=1S/C14H7Br2FN4O/c15-3-7-10(16)2-1-6(12(7)17)11-8(4-18)13(20)21-14(22)9(11)5-19/h1-2H,3H2,(H3,20,21,22). The summed E-state index contributed by atoms with van der Waals surface area (Å²) in [5.41, 5.74) is 4.54. The van der Waals surface area contributed by atoms with Crippen molar-refractivity contribution < 1.29 is 4.39 Å². The van der Waals surface area contributed by atoms with Crippen LogP contribution < -0.4 is 11.3 Å². The molecule has 0 aliphatic heterocycles. The van der Waals surface area contributed by atoms with Gasteiger partial charge in [0.15, 0.2) is 0 Å². The average molecular weight is 426 g/mol. The van der Waals surface area contributed by atoms with Crippen molar-refractivity contribution in [3.63, 3.8) is 0 Å². The van der Waals surface area contributed by atoms with Crippen molar-refractivity contribution in [2.75, 3.05) is 5.73 Å². The van der Waals surface area contributed by atoms with E-state index in [1.165, 1.54) is 6.07 Å². The van der Waals surface area contributed by atoms with Gasteiger partial charge >= 0.3 is 0 Å². The first-order chi connectivity index (χ1) is 10.5. The van der Waals surface area contributed by atoms with Crippen LogP contribution in [0.1, 0.15) is 16.7 Å². The topological polar surface area (TPSA) is 106 Å². The Labute approximate surface area is 141 Å². The molecule has 2 rings (SSSR count). The number of aromatic amines is 1. The highest BCUT2D eigenvalue weighted by atomic mass is 79.9. The number of benzene rings is 1. The molecule has 22 heavy (non-hydrogen) atoms. The monoisotopic (exact) mass is 424 g/mol. The highest BCUT2D eigenvalue weighted by molar-refractivity contribution is 9.10. The molecular formula is C14H7Br2FN4O. The fourth-order valence-electron chi connectivity index (χ4n) is 2.03. The third-order valence-electron chi connectivity index (χ3n) is 3.06. The Hall–Kier alpha value is -2.16. The zero-order chi connectivity index (χ0) is 16.4. The molecular weight excluding hydrogens is 419 g/mol. The number of nitrogens with two attached hydrogens (primary N) is 1. The van der Waals surface area contributed by atoms with E-state index in [2.05, 4.69) is 36.8 Å². The Morgan fingerprint density at radius 2 is 1.91 bits per heavy atom. The van der Waals surface area contributed by atoms with Gasteiger partial charge in [0, 0.05) is 26.5 Å². The fraction of sp³-hybridized carbons (Fsp3) is 0.0714. The Kier molecular flexibility index (Phi) is 4.65. The Bertz CT molecular complexity index is 909. The van der Waals surface area contributed by atoms with E-state index in [9.17, 15) is 19.7 Å². The number of hydrogen-bond acceptors (Lipinski definition) is 4. The number of nitriles is 2. The van der Waals surface area contributed by atoms with Crippen molar-refractivity contribution in [3.8, 4) is 23.3 Å². The summed E-state index contributed by atoms with van der Waals surface area (Å²) in [6, 6.07) is 6.48. The van der Waals surface area contributed by atoms with Gasteiger partial charge in [0.25, 0.3) is 5.56 Å². The van der Waals surface area contributed by atoms with Crippen molar-refractivity contribution in [1.29, 1.82) is 10.5 Å². The van der Waals surface area contributed by atoms with E-state index in [0.717, 1.165) is 0 Å². The second-order valence-corrected chi connectivity index (χ2v) is 5.65. The SMILES string of the molecule is N#Cc1c(N)[nH]c(=O)c(C#N)c1-c1ccc(Br)c(CBr)c1F. The maximum atomic E-state index is 14.7. The van der Waals surface area contributed by atoms with E-state index < -0.39 is 11.4 Å². The van der Waals surface area contributed by atoms with E-state index >= 15 is 0 Å². The third-order valence-corrected chi connectivity index (χ3v) is 4.36. The summed E-state index contributed by atoms with van der Waals surface area (Å²) in [6.07, 6.45) is 0. The maximum Gasteiger partial charge on any atom is 0.268 e. The van der Waals surface area contributed by atoms with Gasteiger partial charge in [0.1, 0.15) is 34.9 Å². The lowest BCUT2D eigenvalue weighted by atomic mass is 9.95. The number of H-pyrrole nitrogens is 1. The molecule has 8 heteroatoms. The largest absolute Gasteiger partial charge is 0.384 e. The van der Waals surface area contributed by atoms with Gasteiger partial charge in [-0.15, -0.1) is 0 Å². The van der Waals surface area contributed by atoms with Crippen LogP contribution in [0.4, 0.5) is 10.2 Å². The quantitative estimate of drug-likeness (QED) is 0.720. The van der Waals surface area contributed by atoms with E-state index in [-0.39, 0.29) is 33.4 Å². The lowest BCUT2D eigenvalue weighted by molar-refractivity contribution is 0.620. The first kappa shape index (κ1) is 16.2. The summed E-state index contributed by atoms with van der Waals surface area (Å²) in [7, 11) is 0. The molecule has 0 radical (unpaired) electrons. The van der Waals surface area contributed by atoms with Crippen molar-refractivity contribution >= 4 is 37.7 Å². The highest BCUT2D eigenvalue weighted by Crippen LogP contribution is 2.34. The predicted molar refractivity (Wildman–Crippen MR) is 86.6 cm³/mol. The molecule has 3 N–H and O–H groups in total. The summed E-state index contributed by atoms with van der Waals surface area (Å²) in [6.45, 7) is 0. The minimum atomic E-state index is -0.767. The van der Waals surface area contributed by atoms with Gasteiger partial charge in [-0.25, -0.2) is 4.39 Å². The molecule has 1 aromatic carbocycles. The zero-order valence-corrected chi connectivity index (χ0v) is 14.0. The van der Waals surface area contributed by atoms with Crippen molar-refractivity contribution in [1.82, 2.24) is 4.98 Å². The van der Waals surface area contributed by atoms with Gasteiger partial charge in [-0.2, -0.15) is 10.5 Å². The molecule has 0 bridgehead atoms. The molecule has 1 aromatic heterocycles. The van der Waals surface area contributed by atoms with Gasteiger partial charge in [0.2, 0.25) is 0 Å². The van der Waals surface area contributed by atoms with Crippen molar-refractivity contribution in [2.24, 2.45) is 0 Å². The molecule has 0 unspecified atom stereocenters. The predicted octanol–water partition coefficient (Wildman–Crippen LogP) is 3.16. The molecule has 0 spiro atoms. The molecule has 0 atom stereocenters. The van der Waals surface area contributed by atoms with Crippen molar-refractivity contribution in [3.05, 3.63) is 49.5 Å². The summed E-state index contributed by atoms with van der Waals surface area (Å²) >= 11 is 6.39. The number of rotatable bonds is 2. The molecule has 0 aliphatic carbocycles. The van der Waals surface area contributed by atoms with E-state index in [1.807, 2.05) is 6.07 Å². The second-order valence-electron chi connectivity index (χ2n) is 4.24. The van der Waals surface area contributed by atoms with E-state index in [0.29, 0.717) is 10.0 Å². The minimum Gasteiger partial charge on any atom is -0.384 e. The number of hydrogen-bond donors (Lipinski definition) is 2. The van der Waals surface area contributed by atoms with Crippen LogP contribution in [-0.4, -0.2) is 4.98 Å². The highest BCUT2D eigenvalue weighted by Gasteiger charge is 2.22. The molecule has 0 fully saturated rings. The number of nitrogens with one attached hydrogen (secondary N) is 1. The molecule has 0 saturated carbocycles. The van der Waals surface area contributed by atoms with Crippen LogP contribution in [0.5, 0.6) is 0 Å². The molecule has 0 amide bonds.